The number of hydrogen-bond acceptors (Lipinski definition) is 4. The fourth-order valence-electron chi connectivity index (χ4n) is 4.41. The minimum absolute atomic E-state index is 0.00450. The van der Waals surface area contributed by atoms with Crippen molar-refractivity contribution < 1.29 is 18.4 Å². The van der Waals surface area contributed by atoms with E-state index in [1.807, 2.05) is 30.1 Å². The number of hydrogen-bond donors (Lipinski definition) is 1. The number of likely N-dealkylation sites (N-methyl/N-ethyl adjacent to an activating group) is 2. The molecule has 33 heavy (non-hydrogen) atoms. The molecule has 1 fully saturated rings. The van der Waals surface area contributed by atoms with Gasteiger partial charge in [-0.1, -0.05) is 12.1 Å². The molecule has 2 aliphatic heterocycles. The van der Waals surface area contributed by atoms with Crippen LogP contribution in [-0.4, -0.2) is 54.8 Å². The normalized spacial score (nSPS) is 19.1. The number of benzene rings is 2. The fraction of sp³-hybridized carbons (Fsp3) is 0.231. The van der Waals surface area contributed by atoms with Crippen LogP contribution in [0.25, 0.3) is 23.0 Å². The molecule has 3 heterocycles. The third kappa shape index (κ3) is 4.07. The van der Waals surface area contributed by atoms with Crippen LogP contribution in [-0.2, 0) is 4.79 Å². The average molecular weight is 445 g/mol. The quantitative estimate of drug-likeness (QED) is 0.607. The van der Waals surface area contributed by atoms with Crippen molar-refractivity contribution in [1.82, 2.24) is 9.80 Å². The molecule has 6 nitrogen and oxygen atoms in total. The van der Waals surface area contributed by atoms with Crippen LogP contribution in [0.3, 0.4) is 0 Å². The second-order valence-corrected chi connectivity index (χ2v) is 8.60. The van der Waals surface area contributed by atoms with Gasteiger partial charge in [0, 0.05) is 42.0 Å². The summed E-state index contributed by atoms with van der Waals surface area (Å²) in [6.45, 7) is 1.89. The van der Waals surface area contributed by atoms with Gasteiger partial charge in [-0.15, -0.1) is 0 Å². The van der Waals surface area contributed by atoms with Crippen LogP contribution in [0.1, 0.15) is 28.1 Å². The molecule has 1 saturated heterocycles. The smallest absolute Gasteiger partial charge is 0.256 e. The topological polar surface area (TPSA) is 65.8 Å². The molecule has 0 bridgehead atoms. The lowest BCUT2D eigenvalue weighted by atomic mass is 10.1. The van der Waals surface area contributed by atoms with Crippen LogP contribution in [0.5, 0.6) is 0 Å². The van der Waals surface area contributed by atoms with Crippen molar-refractivity contribution in [2.24, 2.45) is 0 Å². The standard InChI is InChI=1S/C26H24FN3O3/c1-29-12-11-19(15-29)30(2)26(32)17-5-3-16(4-6-17)24-10-8-20(33-24)14-22-21-13-18(27)7-9-23(21)28-25(22)31/h3-10,13-14,19H,11-12,15H2,1-2H3,(H,28,31). The van der Waals surface area contributed by atoms with Gasteiger partial charge in [0.25, 0.3) is 11.8 Å². The number of likely N-dealkylation sites (tertiary alicyclic amines) is 1. The highest BCUT2D eigenvalue weighted by Crippen LogP contribution is 2.34. The maximum atomic E-state index is 13.7. The lowest BCUT2D eigenvalue weighted by Crippen LogP contribution is -2.38. The average Bonchev–Trinajstić information content (AvgIpc) is 3.53. The Morgan fingerprint density at radius 1 is 1.18 bits per heavy atom. The molecule has 2 aromatic carbocycles. The van der Waals surface area contributed by atoms with E-state index in [1.165, 1.54) is 12.1 Å². The van der Waals surface area contributed by atoms with E-state index in [4.69, 9.17) is 4.42 Å². The maximum absolute atomic E-state index is 13.7. The van der Waals surface area contributed by atoms with Gasteiger partial charge in [0.1, 0.15) is 17.3 Å². The molecule has 1 unspecified atom stereocenters. The van der Waals surface area contributed by atoms with Crippen LogP contribution < -0.4 is 5.32 Å². The zero-order chi connectivity index (χ0) is 23.1. The molecule has 0 aliphatic carbocycles. The van der Waals surface area contributed by atoms with Crippen LogP contribution in [0.2, 0.25) is 0 Å². The van der Waals surface area contributed by atoms with E-state index in [1.54, 1.807) is 30.3 Å². The van der Waals surface area contributed by atoms with E-state index < -0.39 is 5.82 Å². The summed E-state index contributed by atoms with van der Waals surface area (Å²) in [7, 11) is 3.92. The zero-order valence-corrected chi connectivity index (χ0v) is 18.5. The maximum Gasteiger partial charge on any atom is 0.256 e. The molecule has 3 aromatic rings. The second-order valence-electron chi connectivity index (χ2n) is 8.60. The van der Waals surface area contributed by atoms with Crippen molar-refractivity contribution >= 4 is 29.2 Å². The molecular formula is C26H24FN3O3. The lowest BCUT2D eigenvalue weighted by molar-refractivity contribution is -0.110. The number of anilines is 1. The first-order valence-electron chi connectivity index (χ1n) is 10.9. The minimum Gasteiger partial charge on any atom is -0.457 e. The Balaban J connectivity index is 1.34. The van der Waals surface area contributed by atoms with Crippen LogP contribution in [0.15, 0.2) is 59.0 Å². The molecule has 0 spiro atoms. The molecule has 5 rings (SSSR count). The first kappa shape index (κ1) is 21.2. The number of nitrogens with zero attached hydrogens (tertiary/aromatic N) is 2. The van der Waals surface area contributed by atoms with Crippen LogP contribution in [0.4, 0.5) is 10.1 Å². The molecule has 1 atom stereocenters. The Labute approximate surface area is 191 Å². The largest absolute Gasteiger partial charge is 0.457 e. The van der Waals surface area contributed by atoms with Crippen molar-refractivity contribution in [3.05, 3.63) is 77.3 Å². The molecule has 2 amide bonds. The number of carbonyl (C=O) groups is 2. The van der Waals surface area contributed by atoms with Crippen LogP contribution >= 0.6 is 0 Å². The van der Waals surface area contributed by atoms with Crippen molar-refractivity contribution in [2.45, 2.75) is 12.5 Å². The van der Waals surface area contributed by atoms with E-state index in [9.17, 15) is 14.0 Å². The number of amides is 2. The molecule has 0 radical (unpaired) electrons. The number of halogens is 1. The monoisotopic (exact) mass is 445 g/mol. The molecule has 168 valence electrons. The molecule has 0 saturated carbocycles. The highest BCUT2D eigenvalue weighted by atomic mass is 19.1. The van der Waals surface area contributed by atoms with Gasteiger partial charge in [-0.25, -0.2) is 4.39 Å². The molecule has 1 N–H and O–H groups in total. The van der Waals surface area contributed by atoms with Gasteiger partial charge in [0.05, 0.1) is 5.57 Å². The number of rotatable bonds is 4. The van der Waals surface area contributed by atoms with E-state index >= 15 is 0 Å². The highest BCUT2D eigenvalue weighted by molar-refractivity contribution is 6.34. The SMILES string of the molecule is CN1CCC(N(C)C(=O)c2ccc(-c3ccc(C=C4C(=O)Nc5ccc(F)cc54)o3)cc2)C1. The summed E-state index contributed by atoms with van der Waals surface area (Å²) in [6.07, 6.45) is 2.59. The predicted molar refractivity (Wildman–Crippen MR) is 125 cm³/mol. The van der Waals surface area contributed by atoms with Gasteiger partial charge in [0.15, 0.2) is 0 Å². The Morgan fingerprint density at radius 3 is 2.70 bits per heavy atom. The zero-order valence-electron chi connectivity index (χ0n) is 18.5. The van der Waals surface area contributed by atoms with E-state index in [-0.39, 0.29) is 17.9 Å². The fourth-order valence-corrected chi connectivity index (χ4v) is 4.41. The first-order chi connectivity index (χ1) is 15.9. The molecule has 7 heteroatoms. The third-order valence-corrected chi connectivity index (χ3v) is 6.33. The van der Waals surface area contributed by atoms with Crippen molar-refractivity contribution in [2.75, 3.05) is 32.5 Å². The Hall–Kier alpha value is -3.71. The Morgan fingerprint density at radius 2 is 1.97 bits per heavy atom. The van der Waals surface area contributed by atoms with Gasteiger partial charge in [-0.05, 0) is 68.6 Å². The van der Waals surface area contributed by atoms with Crippen molar-refractivity contribution in [1.29, 1.82) is 0 Å². The number of furan rings is 1. The van der Waals surface area contributed by atoms with Gasteiger partial charge < -0.3 is 19.5 Å². The van der Waals surface area contributed by atoms with E-state index in [0.717, 1.165) is 25.1 Å². The van der Waals surface area contributed by atoms with Crippen molar-refractivity contribution in [3.63, 3.8) is 0 Å². The molecule has 2 aliphatic rings. The molecule has 1 aromatic heterocycles. The van der Waals surface area contributed by atoms with Gasteiger partial charge >= 0.3 is 0 Å². The van der Waals surface area contributed by atoms with Crippen molar-refractivity contribution in [3.8, 4) is 11.3 Å². The first-order valence-corrected chi connectivity index (χ1v) is 10.9. The number of carbonyl (C=O) groups excluding carboxylic acids is 2. The minimum atomic E-state index is -0.406. The van der Waals surface area contributed by atoms with Crippen LogP contribution in [0, 0.1) is 5.82 Å². The third-order valence-electron chi connectivity index (χ3n) is 6.33. The second kappa shape index (κ2) is 8.33. The summed E-state index contributed by atoms with van der Waals surface area (Å²) in [5, 5.41) is 2.73. The summed E-state index contributed by atoms with van der Waals surface area (Å²) in [6, 6.07) is 15.3. The predicted octanol–water partition coefficient (Wildman–Crippen LogP) is 4.35. The number of fused-ring (bicyclic) bond motifs is 1. The molecular weight excluding hydrogens is 421 g/mol. The van der Waals surface area contributed by atoms with E-state index in [2.05, 4.69) is 17.3 Å². The van der Waals surface area contributed by atoms with E-state index in [0.29, 0.717) is 33.9 Å². The van der Waals surface area contributed by atoms with Gasteiger partial charge in [-0.3, -0.25) is 9.59 Å². The summed E-state index contributed by atoms with van der Waals surface area (Å²) >= 11 is 0. The Kier molecular flexibility index (Phi) is 5.34. The highest BCUT2D eigenvalue weighted by Gasteiger charge is 2.27. The number of nitrogens with one attached hydrogen (secondary N) is 1. The summed E-state index contributed by atoms with van der Waals surface area (Å²) in [5.74, 6) is 0.400. The lowest BCUT2D eigenvalue weighted by Gasteiger charge is -2.24. The summed E-state index contributed by atoms with van der Waals surface area (Å²) in [4.78, 5) is 29.2. The summed E-state index contributed by atoms with van der Waals surface area (Å²) < 4.78 is 19.6. The Bertz CT molecular complexity index is 1260. The summed E-state index contributed by atoms with van der Waals surface area (Å²) in [5.41, 5.74) is 2.90. The van der Waals surface area contributed by atoms with Gasteiger partial charge in [0.2, 0.25) is 0 Å². The van der Waals surface area contributed by atoms with Gasteiger partial charge in [-0.2, -0.15) is 0 Å².